The van der Waals surface area contributed by atoms with Gasteiger partial charge in [-0.1, -0.05) is 29.8 Å². The maximum absolute atomic E-state index is 11.5. The van der Waals surface area contributed by atoms with E-state index in [1.165, 1.54) is 11.1 Å². The predicted molar refractivity (Wildman–Crippen MR) is 82.8 cm³/mol. The summed E-state index contributed by atoms with van der Waals surface area (Å²) in [6.45, 7) is 5.22. The molecule has 1 aliphatic rings. The second kappa shape index (κ2) is 6.89. The van der Waals surface area contributed by atoms with E-state index in [1.54, 1.807) is 0 Å². The predicted octanol–water partition coefficient (Wildman–Crippen LogP) is 2.53. The maximum atomic E-state index is 11.5. The number of nitrogens with one attached hydrogen (secondary N) is 1. The Labute approximate surface area is 122 Å². The fourth-order valence-electron chi connectivity index (χ4n) is 2.88. The van der Waals surface area contributed by atoms with Crippen LogP contribution in [0.5, 0.6) is 0 Å². The maximum Gasteiger partial charge on any atom is 0.222 e. The highest BCUT2D eigenvalue weighted by Crippen LogP contribution is 2.12. The van der Waals surface area contributed by atoms with E-state index in [9.17, 15) is 4.79 Å². The Bertz CT molecular complexity index is 458. The SMILES string of the molecule is Cc1cccc(CCC(C)NC2CCC(=O)N(C)C2)c1. The van der Waals surface area contributed by atoms with Crippen LogP contribution >= 0.6 is 0 Å². The molecule has 1 aromatic rings. The van der Waals surface area contributed by atoms with Crippen molar-refractivity contribution in [3.8, 4) is 0 Å². The number of nitrogens with zero attached hydrogens (tertiary/aromatic N) is 1. The molecule has 0 spiro atoms. The van der Waals surface area contributed by atoms with Gasteiger partial charge in [-0.05, 0) is 38.7 Å². The van der Waals surface area contributed by atoms with Gasteiger partial charge in [0.05, 0.1) is 0 Å². The molecule has 1 aliphatic heterocycles. The highest BCUT2D eigenvalue weighted by Gasteiger charge is 2.23. The number of likely N-dealkylation sites (N-methyl/N-ethyl adjacent to an activating group) is 1. The number of piperidine rings is 1. The van der Waals surface area contributed by atoms with Crippen LogP contribution in [-0.4, -0.2) is 36.5 Å². The number of carbonyl (C=O) groups excluding carboxylic acids is 1. The molecule has 20 heavy (non-hydrogen) atoms. The highest BCUT2D eigenvalue weighted by molar-refractivity contribution is 5.76. The number of hydrogen-bond donors (Lipinski definition) is 1. The molecule has 1 fully saturated rings. The van der Waals surface area contributed by atoms with Crippen LogP contribution in [0.1, 0.15) is 37.3 Å². The van der Waals surface area contributed by atoms with Crippen LogP contribution in [-0.2, 0) is 11.2 Å². The minimum atomic E-state index is 0.274. The van der Waals surface area contributed by atoms with Crippen molar-refractivity contribution >= 4 is 5.91 Å². The van der Waals surface area contributed by atoms with Crippen LogP contribution in [0.3, 0.4) is 0 Å². The van der Waals surface area contributed by atoms with Gasteiger partial charge >= 0.3 is 0 Å². The van der Waals surface area contributed by atoms with Crippen molar-refractivity contribution < 1.29 is 4.79 Å². The topological polar surface area (TPSA) is 32.3 Å². The van der Waals surface area contributed by atoms with Crippen LogP contribution < -0.4 is 5.32 Å². The second-order valence-corrected chi connectivity index (χ2v) is 6.11. The molecule has 1 amide bonds. The fraction of sp³-hybridized carbons (Fsp3) is 0.588. The zero-order chi connectivity index (χ0) is 14.5. The summed E-state index contributed by atoms with van der Waals surface area (Å²) in [6, 6.07) is 9.67. The fourth-order valence-corrected chi connectivity index (χ4v) is 2.88. The van der Waals surface area contributed by atoms with Gasteiger partial charge in [-0.2, -0.15) is 0 Å². The van der Waals surface area contributed by atoms with E-state index < -0.39 is 0 Å². The second-order valence-electron chi connectivity index (χ2n) is 6.11. The van der Waals surface area contributed by atoms with Crippen LogP contribution in [0.25, 0.3) is 0 Å². The van der Waals surface area contributed by atoms with Crippen molar-refractivity contribution in [3.05, 3.63) is 35.4 Å². The molecule has 0 aliphatic carbocycles. The van der Waals surface area contributed by atoms with E-state index in [4.69, 9.17) is 0 Å². The first-order valence-electron chi connectivity index (χ1n) is 7.60. The van der Waals surface area contributed by atoms with Crippen LogP contribution in [0.2, 0.25) is 0 Å². The van der Waals surface area contributed by atoms with Crippen molar-refractivity contribution in [2.24, 2.45) is 0 Å². The van der Waals surface area contributed by atoms with Gasteiger partial charge in [0, 0.05) is 32.1 Å². The number of likely N-dealkylation sites (tertiary alicyclic amines) is 1. The molecule has 110 valence electrons. The van der Waals surface area contributed by atoms with Crippen molar-refractivity contribution in [1.82, 2.24) is 10.2 Å². The molecule has 3 nitrogen and oxygen atoms in total. The van der Waals surface area contributed by atoms with Gasteiger partial charge in [0.15, 0.2) is 0 Å². The zero-order valence-electron chi connectivity index (χ0n) is 12.9. The third-order valence-corrected chi connectivity index (χ3v) is 4.10. The number of carbonyl (C=O) groups is 1. The first kappa shape index (κ1) is 15.0. The summed E-state index contributed by atoms with van der Waals surface area (Å²) >= 11 is 0. The van der Waals surface area contributed by atoms with E-state index in [0.29, 0.717) is 18.5 Å². The van der Waals surface area contributed by atoms with Crippen molar-refractivity contribution in [1.29, 1.82) is 0 Å². The van der Waals surface area contributed by atoms with Crippen molar-refractivity contribution in [3.63, 3.8) is 0 Å². The van der Waals surface area contributed by atoms with Crippen LogP contribution in [0.4, 0.5) is 0 Å². The first-order chi connectivity index (χ1) is 9.54. The van der Waals surface area contributed by atoms with Crippen LogP contribution in [0.15, 0.2) is 24.3 Å². The summed E-state index contributed by atoms with van der Waals surface area (Å²) in [5.41, 5.74) is 2.74. The third-order valence-electron chi connectivity index (χ3n) is 4.10. The Morgan fingerprint density at radius 1 is 1.45 bits per heavy atom. The van der Waals surface area contributed by atoms with Gasteiger partial charge in [0.25, 0.3) is 0 Å². The van der Waals surface area contributed by atoms with Crippen molar-refractivity contribution in [2.75, 3.05) is 13.6 Å². The molecular weight excluding hydrogens is 248 g/mol. The third kappa shape index (κ3) is 4.34. The number of rotatable bonds is 5. The Balaban J connectivity index is 1.75. The number of aryl methyl sites for hydroxylation is 2. The molecule has 1 saturated heterocycles. The minimum Gasteiger partial charge on any atom is -0.344 e. The highest BCUT2D eigenvalue weighted by atomic mass is 16.2. The van der Waals surface area contributed by atoms with E-state index in [1.807, 2.05) is 11.9 Å². The van der Waals surface area contributed by atoms with Gasteiger partial charge in [0.1, 0.15) is 0 Å². The molecule has 3 heteroatoms. The normalized spacial score (nSPS) is 21.1. The van der Waals surface area contributed by atoms with E-state index >= 15 is 0 Å². The number of benzene rings is 1. The summed E-state index contributed by atoms with van der Waals surface area (Å²) < 4.78 is 0. The van der Waals surface area contributed by atoms with E-state index in [2.05, 4.69) is 43.4 Å². The summed E-state index contributed by atoms with van der Waals surface area (Å²) in [5.74, 6) is 0.274. The van der Waals surface area contributed by atoms with Gasteiger partial charge in [0.2, 0.25) is 5.91 Å². The Morgan fingerprint density at radius 2 is 2.25 bits per heavy atom. The molecule has 1 aromatic carbocycles. The molecule has 2 unspecified atom stereocenters. The van der Waals surface area contributed by atoms with Gasteiger partial charge in [-0.25, -0.2) is 0 Å². The van der Waals surface area contributed by atoms with Gasteiger partial charge in [-0.3, -0.25) is 4.79 Å². The molecule has 2 atom stereocenters. The zero-order valence-corrected chi connectivity index (χ0v) is 12.9. The average molecular weight is 274 g/mol. The average Bonchev–Trinajstić information content (AvgIpc) is 2.41. The Morgan fingerprint density at radius 3 is 2.95 bits per heavy atom. The number of hydrogen-bond acceptors (Lipinski definition) is 2. The van der Waals surface area contributed by atoms with E-state index in [-0.39, 0.29) is 5.91 Å². The largest absolute Gasteiger partial charge is 0.344 e. The molecule has 1 heterocycles. The molecule has 2 rings (SSSR count). The standard InChI is InChI=1S/C17H26N2O/c1-13-5-4-6-15(11-13)8-7-14(2)18-16-9-10-17(20)19(3)12-16/h4-6,11,14,16,18H,7-10,12H2,1-3H3. The Kier molecular flexibility index (Phi) is 5.18. The lowest BCUT2D eigenvalue weighted by Gasteiger charge is -2.32. The minimum absolute atomic E-state index is 0.274. The Hall–Kier alpha value is -1.35. The molecule has 0 radical (unpaired) electrons. The lowest BCUT2D eigenvalue weighted by atomic mass is 10.0. The number of amides is 1. The molecular formula is C17H26N2O. The quantitative estimate of drug-likeness (QED) is 0.895. The van der Waals surface area contributed by atoms with Crippen LogP contribution in [0, 0.1) is 6.92 Å². The summed E-state index contributed by atoms with van der Waals surface area (Å²) in [5, 5.41) is 3.66. The monoisotopic (exact) mass is 274 g/mol. The lowest BCUT2D eigenvalue weighted by Crippen LogP contribution is -2.49. The van der Waals surface area contributed by atoms with Gasteiger partial charge < -0.3 is 10.2 Å². The summed E-state index contributed by atoms with van der Waals surface area (Å²) in [4.78, 5) is 13.3. The molecule has 1 N–H and O–H groups in total. The molecule has 0 bridgehead atoms. The lowest BCUT2D eigenvalue weighted by molar-refractivity contribution is -0.132. The van der Waals surface area contributed by atoms with Crippen molar-refractivity contribution in [2.45, 2.75) is 51.6 Å². The molecule has 0 saturated carbocycles. The van der Waals surface area contributed by atoms with Gasteiger partial charge in [-0.15, -0.1) is 0 Å². The van der Waals surface area contributed by atoms with E-state index in [0.717, 1.165) is 25.8 Å². The first-order valence-corrected chi connectivity index (χ1v) is 7.60. The molecule has 0 aromatic heterocycles. The summed E-state index contributed by atoms with van der Waals surface area (Å²) in [6.07, 6.45) is 3.89. The summed E-state index contributed by atoms with van der Waals surface area (Å²) in [7, 11) is 1.90. The smallest absolute Gasteiger partial charge is 0.222 e.